The van der Waals surface area contributed by atoms with E-state index < -0.39 is 0 Å². The van der Waals surface area contributed by atoms with Gasteiger partial charge in [0.2, 0.25) is 0 Å². The van der Waals surface area contributed by atoms with Gasteiger partial charge in [-0.2, -0.15) is 5.10 Å². The molecule has 0 unspecified atom stereocenters. The molecule has 0 spiro atoms. The second-order valence-corrected chi connectivity index (χ2v) is 4.83. The van der Waals surface area contributed by atoms with E-state index in [4.69, 9.17) is 5.73 Å². The lowest BCUT2D eigenvalue weighted by molar-refractivity contribution is 0.619. The molecule has 4 heteroatoms. The van der Waals surface area contributed by atoms with Crippen molar-refractivity contribution in [1.82, 2.24) is 9.78 Å². The normalized spacial score (nSPS) is 15.0. The second-order valence-electron chi connectivity index (χ2n) is 4.83. The van der Waals surface area contributed by atoms with E-state index >= 15 is 0 Å². The predicted molar refractivity (Wildman–Crippen MR) is 67.6 cm³/mol. The van der Waals surface area contributed by atoms with Crippen LogP contribution in [0.5, 0.6) is 0 Å². The number of benzene rings is 1. The van der Waals surface area contributed by atoms with Gasteiger partial charge in [-0.1, -0.05) is 6.07 Å². The van der Waals surface area contributed by atoms with Crippen LogP contribution in [-0.2, 0) is 13.1 Å². The summed E-state index contributed by atoms with van der Waals surface area (Å²) in [5.74, 6) is 0.423. The number of nitrogens with zero attached hydrogens (tertiary/aromatic N) is 2. The van der Waals surface area contributed by atoms with Crippen molar-refractivity contribution in [3.8, 4) is 0 Å². The van der Waals surface area contributed by atoms with Crippen molar-refractivity contribution >= 4 is 0 Å². The van der Waals surface area contributed by atoms with Crippen molar-refractivity contribution in [2.24, 2.45) is 5.73 Å². The minimum absolute atomic E-state index is 0.238. The molecule has 94 valence electrons. The minimum atomic E-state index is -0.238. The number of hydrogen-bond donors (Lipinski definition) is 1. The molecule has 1 aromatic heterocycles. The van der Waals surface area contributed by atoms with Crippen LogP contribution in [0.1, 0.15) is 35.6 Å². The molecule has 0 atom stereocenters. The lowest BCUT2D eigenvalue weighted by Gasteiger charge is -2.08. The van der Waals surface area contributed by atoms with Crippen LogP contribution in [-0.4, -0.2) is 9.78 Å². The Morgan fingerprint density at radius 1 is 1.28 bits per heavy atom. The van der Waals surface area contributed by atoms with Crippen LogP contribution in [0.4, 0.5) is 4.39 Å². The van der Waals surface area contributed by atoms with E-state index in [0.717, 1.165) is 11.1 Å². The first kappa shape index (κ1) is 11.4. The SMILES string of the molecule is NCc1cc(F)ccc1Cn1ccc(C2CC2)n1. The van der Waals surface area contributed by atoms with Gasteiger partial charge >= 0.3 is 0 Å². The molecular formula is C14H16FN3. The van der Waals surface area contributed by atoms with Crippen molar-refractivity contribution in [3.05, 3.63) is 53.1 Å². The summed E-state index contributed by atoms with van der Waals surface area (Å²) < 4.78 is 15.0. The fourth-order valence-electron chi connectivity index (χ4n) is 2.18. The Morgan fingerprint density at radius 2 is 2.11 bits per heavy atom. The second kappa shape index (κ2) is 4.53. The Labute approximate surface area is 105 Å². The van der Waals surface area contributed by atoms with Gasteiger partial charge in [0.05, 0.1) is 12.2 Å². The monoisotopic (exact) mass is 245 g/mol. The number of hydrogen-bond acceptors (Lipinski definition) is 2. The Balaban J connectivity index is 1.82. The molecule has 1 aromatic carbocycles. The van der Waals surface area contributed by atoms with Gasteiger partial charge in [0, 0.05) is 18.7 Å². The average Bonchev–Trinajstić information content (AvgIpc) is 3.12. The van der Waals surface area contributed by atoms with Crippen LogP contribution >= 0.6 is 0 Å². The molecule has 0 saturated heterocycles. The lowest BCUT2D eigenvalue weighted by atomic mass is 10.1. The molecule has 0 bridgehead atoms. The van der Waals surface area contributed by atoms with Gasteiger partial charge < -0.3 is 5.73 Å². The van der Waals surface area contributed by atoms with Gasteiger partial charge in [-0.15, -0.1) is 0 Å². The highest BCUT2D eigenvalue weighted by atomic mass is 19.1. The Morgan fingerprint density at radius 3 is 2.83 bits per heavy atom. The van der Waals surface area contributed by atoms with E-state index in [1.54, 1.807) is 6.07 Å². The summed E-state index contributed by atoms with van der Waals surface area (Å²) in [5, 5.41) is 4.55. The smallest absolute Gasteiger partial charge is 0.123 e. The minimum Gasteiger partial charge on any atom is -0.326 e. The molecule has 3 rings (SSSR count). The van der Waals surface area contributed by atoms with Crippen LogP contribution in [0.2, 0.25) is 0 Å². The molecule has 18 heavy (non-hydrogen) atoms. The average molecular weight is 245 g/mol. The van der Waals surface area contributed by atoms with Crippen molar-refractivity contribution in [2.75, 3.05) is 0 Å². The zero-order valence-electron chi connectivity index (χ0n) is 10.1. The molecule has 1 saturated carbocycles. The van der Waals surface area contributed by atoms with E-state index in [1.165, 1.54) is 30.7 Å². The summed E-state index contributed by atoms with van der Waals surface area (Å²) in [5.41, 5.74) is 8.69. The number of halogens is 1. The summed E-state index contributed by atoms with van der Waals surface area (Å²) in [7, 11) is 0. The van der Waals surface area contributed by atoms with Crippen LogP contribution < -0.4 is 5.73 Å². The van der Waals surface area contributed by atoms with Gasteiger partial charge in [-0.05, 0) is 42.2 Å². The summed E-state index contributed by atoms with van der Waals surface area (Å²) in [6.07, 6.45) is 4.49. The van der Waals surface area contributed by atoms with Crippen LogP contribution in [0.3, 0.4) is 0 Å². The molecular weight excluding hydrogens is 229 g/mol. The molecule has 0 amide bonds. The highest BCUT2D eigenvalue weighted by Crippen LogP contribution is 2.38. The van der Waals surface area contributed by atoms with Crippen molar-refractivity contribution < 1.29 is 4.39 Å². The van der Waals surface area contributed by atoms with Gasteiger partial charge in [0.1, 0.15) is 5.82 Å². The fourth-order valence-corrected chi connectivity index (χ4v) is 2.18. The predicted octanol–water partition coefficient (Wildman–Crippen LogP) is 2.41. The third-order valence-electron chi connectivity index (χ3n) is 3.38. The maximum atomic E-state index is 13.1. The summed E-state index contributed by atoms with van der Waals surface area (Å²) in [6, 6.07) is 6.83. The van der Waals surface area contributed by atoms with E-state index in [1.807, 2.05) is 10.9 Å². The number of rotatable bonds is 4. The first-order chi connectivity index (χ1) is 8.76. The van der Waals surface area contributed by atoms with Gasteiger partial charge in [0.15, 0.2) is 0 Å². The molecule has 1 aliphatic carbocycles. The first-order valence-electron chi connectivity index (χ1n) is 6.27. The number of aromatic nitrogens is 2. The Bertz CT molecular complexity index is 558. The molecule has 0 radical (unpaired) electrons. The standard InChI is InChI=1S/C14H16FN3/c15-13-4-3-11(12(7-13)8-16)9-18-6-5-14(17-18)10-1-2-10/h3-7,10H,1-2,8-9,16H2. The fraction of sp³-hybridized carbons (Fsp3) is 0.357. The van der Waals surface area contributed by atoms with E-state index in [0.29, 0.717) is 19.0 Å². The first-order valence-corrected chi connectivity index (χ1v) is 6.27. The highest BCUT2D eigenvalue weighted by molar-refractivity contribution is 5.28. The maximum absolute atomic E-state index is 13.1. The van der Waals surface area contributed by atoms with Gasteiger partial charge in [0.25, 0.3) is 0 Å². The van der Waals surface area contributed by atoms with Crippen molar-refractivity contribution in [1.29, 1.82) is 0 Å². The lowest BCUT2D eigenvalue weighted by Crippen LogP contribution is -2.07. The van der Waals surface area contributed by atoms with E-state index in [9.17, 15) is 4.39 Å². The molecule has 1 heterocycles. The van der Waals surface area contributed by atoms with Gasteiger partial charge in [-0.3, -0.25) is 4.68 Å². The third-order valence-corrected chi connectivity index (χ3v) is 3.38. The summed E-state index contributed by atoms with van der Waals surface area (Å²) in [4.78, 5) is 0. The van der Waals surface area contributed by atoms with E-state index in [-0.39, 0.29) is 5.82 Å². The zero-order chi connectivity index (χ0) is 12.5. The molecule has 1 fully saturated rings. The Hall–Kier alpha value is -1.68. The maximum Gasteiger partial charge on any atom is 0.123 e. The largest absolute Gasteiger partial charge is 0.326 e. The molecule has 0 aliphatic heterocycles. The topological polar surface area (TPSA) is 43.8 Å². The van der Waals surface area contributed by atoms with Crippen molar-refractivity contribution in [2.45, 2.75) is 31.8 Å². The number of nitrogens with two attached hydrogens (primary N) is 1. The molecule has 3 nitrogen and oxygen atoms in total. The molecule has 1 aliphatic rings. The van der Waals surface area contributed by atoms with Crippen LogP contribution in [0, 0.1) is 5.82 Å². The summed E-state index contributed by atoms with van der Waals surface area (Å²) in [6.45, 7) is 1.00. The van der Waals surface area contributed by atoms with E-state index in [2.05, 4.69) is 11.2 Å². The van der Waals surface area contributed by atoms with Gasteiger partial charge in [-0.25, -0.2) is 4.39 Å². The highest BCUT2D eigenvalue weighted by Gasteiger charge is 2.25. The van der Waals surface area contributed by atoms with Crippen molar-refractivity contribution in [3.63, 3.8) is 0 Å². The van der Waals surface area contributed by atoms with Crippen LogP contribution in [0.15, 0.2) is 30.5 Å². The molecule has 2 N–H and O–H groups in total. The summed E-state index contributed by atoms with van der Waals surface area (Å²) >= 11 is 0. The quantitative estimate of drug-likeness (QED) is 0.899. The molecule has 2 aromatic rings. The zero-order valence-corrected chi connectivity index (χ0v) is 10.1. The van der Waals surface area contributed by atoms with Crippen LogP contribution in [0.25, 0.3) is 0 Å². The third kappa shape index (κ3) is 2.29. The Kier molecular flexibility index (Phi) is 2.88.